The molecule has 7 heteroatoms. The number of amides is 1. The van der Waals surface area contributed by atoms with Crippen LogP contribution in [-0.2, 0) is 5.54 Å². The SMILES string of the molecule is CC(C)(NC(=O)c1nc(OCC2CC2)ccc1C1CC1)c1ncon1. The van der Waals surface area contributed by atoms with E-state index in [1.807, 2.05) is 26.0 Å². The Hall–Kier alpha value is -2.44. The fourth-order valence-electron chi connectivity index (χ4n) is 2.77. The van der Waals surface area contributed by atoms with Crippen LogP contribution in [0.25, 0.3) is 0 Å². The quantitative estimate of drug-likeness (QED) is 0.832. The predicted octanol–water partition coefficient (Wildman–Crippen LogP) is 2.80. The molecule has 0 spiro atoms. The number of aromatic nitrogens is 3. The Kier molecular flexibility index (Phi) is 3.94. The maximum absolute atomic E-state index is 12.9. The summed E-state index contributed by atoms with van der Waals surface area (Å²) in [6, 6.07) is 3.85. The Labute approximate surface area is 146 Å². The van der Waals surface area contributed by atoms with E-state index in [0.717, 1.165) is 18.4 Å². The van der Waals surface area contributed by atoms with Gasteiger partial charge in [0.05, 0.1) is 12.1 Å². The molecular weight excluding hydrogens is 320 g/mol. The van der Waals surface area contributed by atoms with Crippen molar-refractivity contribution in [3.8, 4) is 5.88 Å². The van der Waals surface area contributed by atoms with Gasteiger partial charge in [0.25, 0.3) is 5.91 Å². The molecular formula is C18H22N4O3. The van der Waals surface area contributed by atoms with E-state index in [9.17, 15) is 4.79 Å². The van der Waals surface area contributed by atoms with Crippen molar-refractivity contribution >= 4 is 5.91 Å². The lowest BCUT2D eigenvalue weighted by Crippen LogP contribution is -2.42. The lowest BCUT2D eigenvalue weighted by atomic mass is 10.0. The van der Waals surface area contributed by atoms with E-state index in [2.05, 4.69) is 20.4 Å². The fourth-order valence-corrected chi connectivity index (χ4v) is 2.77. The summed E-state index contributed by atoms with van der Waals surface area (Å²) in [6.45, 7) is 4.34. The average molecular weight is 342 g/mol. The summed E-state index contributed by atoms with van der Waals surface area (Å²) >= 11 is 0. The van der Waals surface area contributed by atoms with Crippen molar-refractivity contribution in [1.82, 2.24) is 20.4 Å². The number of hydrogen-bond donors (Lipinski definition) is 1. The lowest BCUT2D eigenvalue weighted by Gasteiger charge is -2.23. The number of nitrogens with one attached hydrogen (secondary N) is 1. The number of rotatable bonds is 7. The second kappa shape index (κ2) is 6.13. The van der Waals surface area contributed by atoms with Crippen molar-refractivity contribution in [2.45, 2.75) is 51.0 Å². The van der Waals surface area contributed by atoms with Gasteiger partial charge in [-0.05, 0) is 56.9 Å². The second-order valence-electron chi connectivity index (χ2n) is 7.45. The first-order valence-corrected chi connectivity index (χ1v) is 8.76. The molecule has 0 saturated heterocycles. The average Bonchev–Trinajstić information content (AvgIpc) is 3.52. The standard InChI is InChI=1S/C18H22N4O3/c1-18(2,17-19-10-25-22-17)21-16(23)15-13(12-5-6-12)7-8-14(20-15)24-9-11-3-4-11/h7-8,10-12H,3-6,9H2,1-2H3,(H,21,23). The van der Waals surface area contributed by atoms with Crippen molar-refractivity contribution in [3.05, 3.63) is 35.6 Å². The summed E-state index contributed by atoms with van der Waals surface area (Å²) in [5.41, 5.74) is 0.671. The van der Waals surface area contributed by atoms with E-state index in [0.29, 0.717) is 35.8 Å². The summed E-state index contributed by atoms with van der Waals surface area (Å²) in [7, 11) is 0. The van der Waals surface area contributed by atoms with Crippen LogP contribution in [0.2, 0.25) is 0 Å². The zero-order valence-electron chi connectivity index (χ0n) is 14.5. The highest BCUT2D eigenvalue weighted by Crippen LogP contribution is 2.42. The molecule has 0 atom stereocenters. The van der Waals surface area contributed by atoms with Crippen LogP contribution < -0.4 is 10.1 Å². The molecule has 0 unspecified atom stereocenters. The number of ether oxygens (including phenoxy) is 1. The van der Waals surface area contributed by atoms with Crippen LogP contribution in [0.15, 0.2) is 23.0 Å². The van der Waals surface area contributed by atoms with Crippen molar-refractivity contribution < 1.29 is 14.1 Å². The molecule has 1 amide bonds. The van der Waals surface area contributed by atoms with Gasteiger partial charge in [0.15, 0.2) is 5.82 Å². The first kappa shape index (κ1) is 16.1. The summed E-state index contributed by atoms with van der Waals surface area (Å²) < 4.78 is 10.5. The van der Waals surface area contributed by atoms with Gasteiger partial charge in [-0.3, -0.25) is 4.79 Å². The van der Waals surface area contributed by atoms with E-state index in [1.165, 1.54) is 19.2 Å². The fraction of sp³-hybridized carbons (Fsp3) is 0.556. The van der Waals surface area contributed by atoms with Crippen LogP contribution in [0.5, 0.6) is 5.88 Å². The summed E-state index contributed by atoms with van der Waals surface area (Å²) in [6.07, 6.45) is 5.87. The summed E-state index contributed by atoms with van der Waals surface area (Å²) in [5.74, 6) is 1.75. The van der Waals surface area contributed by atoms with Gasteiger partial charge in [-0.25, -0.2) is 4.98 Å². The van der Waals surface area contributed by atoms with Crippen LogP contribution in [0.3, 0.4) is 0 Å². The predicted molar refractivity (Wildman–Crippen MR) is 89.2 cm³/mol. The third kappa shape index (κ3) is 3.65. The molecule has 2 heterocycles. The number of carbonyl (C=O) groups excluding carboxylic acids is 1. The van der Waals surface area contributed by atoms with E-state index in [1.54, 1.807) is 0 Å². The van der Waals surface area contributed by atoms with Gasteiger partial charge in [0.2, 0.25) is 12.3 Å². The molecule has 132 valence electrons. The minimum Gasteiger partial charge on any atom is -0.477 e. The first-order valence-electron chi connectivity index (χ1n) is 8.76. The highest BCUT2D eigenvalue weighted by atomic mass is 16.5. The molecule has 7 nitrogen and oxygen atoms in total. The van der Waals surface area contributed by atoms with E-state index in [-0.39, 0.29) is 5.91 Å². The molecule has 2 aromatic heterocycles. The monoisotopic (exact) mass is 342 g/mol. The van der Waals surface area contributed by atoms with Gasteiger partial charge in [-0.2, -0.15) is 4.98 Å². The molecule has 2 aliphatic rings. The first-order chi connectivity index (χ1) is 12.0. The van der Waals surface area contributed by atoms with Crippen LogP contribution in [0, 0.1) is 5.92 Å². The zero-order chi connectivity index (χ0) is 17.4. The van der Waals surface area contributed by atoms with Crippen LogP contribution in [0.1, 0.15) is 67.3 Å². The summed E-state index contributed by atoms with van der Waals surface area (Å²) in [5, 5.41) is 6.79. The zero-order valence-corrected chi connectivity index (χ0v) is 14.5. The van der Waals surface area contributed by atoms with Gasteiger partial charge >= 0.3 is 0 Å². The third-order valence-electron chi connectivity index (χ3n) is 4.64. The number of nitrogens with zero attached hydrogens (tertiary/aromatic N) is 3. The minimum absolute atomic E-state index is 0.242. The van der Waals surface area contributed by atoms with Gasteiger partial charge in [0.1, 0.15) is 5.69 Å². The maximum atomic E-state index is 12.9. The molecule has 2 saturated carbocycles. The molecule has 0 aromatic carbocycles. The molecule has 2 aromatic rings. The van der Waals surface area contributed by atoms with Crippen molar-refractivity contribution in [2.24, 2.45) is 5.92 Å². The van der Waals surface area contributed by atoms with Crippen molar-refractivity contribution in [3.63, 3.8) is 0 Å². The molecule has 0 radical (unpaired) electrons. The van der Waals surface area contributed by atoms with Crippen molar-refractivity contribution in [2.75, 3.05) is 6.61 Å². The molecule has 1 N–H and O–H groups in total. The van der Waals surface area contributed by atoms with E-state index >= 15 is 0 Å². The Balaban J connectivity index is 1.55. The van der Waals surface area contributed by atoms with Crippen LogP contribution in [0.4, 0.5) is 0 Å². The third-order valence-corrected chi connectivity index (χ3v) is 4.64. The highest BCUT2D eigenvalue weighted by Gasteiger charge is 2.33. The second-order valence-corrected chi connectivity index (χ2v) is 7.45. The van der Waals surface area contributed by atoms with E-state index < -0.39 is 5.54 Å². The molecule has 25 heavy (non-hydrogen) atoms. The maximum Gasteiger partial charge on any atom is 0.271 e. The number of carbonyl (C=O) groups is 1. The molecule has 0 aliphatic heterocycles. The Morgan fingerprint density at radius 2 is 2.12 bits per heavy atom. The van der Waals surface area contributed by atoms with Gasteiger partial charge < -0.3 is 14.6 Å². The van der Waals surface area contributed by atoms with Gasteiger partial charge in [-0.1, -0.05) is 11.2 Å². The Morgan fingerprint density at radius 3 is 2.76 bits per heavy atom. The topological polar surface area (TPSA) is 90.1 Å². The van der Waals surface area contributed by atoms with Gasteiger partial charge in [0, 0.05) is 6.07 Å². The molecule has 2 fully saturated rings. The lowest BCUT2D eigenvalue weighted by molar-refractivity contribution is 0.0899. The Bertz CT molecular complexity index is 765. The Morgan fingerprint density at radius 1 is 1.32 bits per heavy atom. The molecule has 0 bridgehead atoms. The summed E-state index contributed by atoms with van der Waals surface area (Å²) in [4.78, 5) is 21.4. The van der Waals surface area contributed by atoms with Crippen LogP contribution in [-0.4, -0.2) is 27.6 Å². The van der Waals surface area contributed by atoms with Crippen molar-refractivity contribution in [1.29, 1.82) is 0 Å². The van der Waals surface area contributed by atoms with Crippen LogP contribution >= 0.6 is 0 Å². The number of hydrogen-bond acceptors (Lipinski definition) is 6. The van der Waals surface area contributed by atoms with E-state index in [4.69, 9.17) is 9.26 Å². The normalized spacial score (nSPS) is 17.4. The van der Waals surface area contributed by atoms with Gasteiger partial charge in [-0.15, -0.1) is 0 Å². The highest BCUT2D eigenvalue weighted by molar-refractivity contribution is 5.94. The largest absolute Gasteiger partial charge is 0.477 e. The number of pyridine rings is 1. The molecule has 4 rings (SSSR count). The minimum atomic E-state index is -0.753. The molecule has 2 aliphatic carbocycles. The smallest absolute Gasteiger partial charge is 0.271 e.